The summed E-state index contributed by atoms with van der Waals surface area (Å²) in [5, 5.41) is 10.9. The average molecular weight is 344 g/mol. The summed E-state index contributed by atoms with van der Waals surface area (Å²) in [4.78, 5) is 17.7. The van der Waals surface area contributed by atoms with Gasteiger partial charge in [-0.25, -0.2) is 4.98 Å². The fraction of sp³-hybridized carbons (Fsp3) is 0.353. The van der Waals surface area contributed by atoms with Crippen molar-refractivity contribution in [3.05, 3.63) is 45.9 Å². The van der Waals surface area contributed by atoms with Gasteiger partial charge in [0.2, 0.25) is 5.91 Å². The van der Waals surface area contributed by atoms with Crippen LogP contribution in [0.5, 0.6) is 0 Å². The zero-order chi connectivity index (χ0) is 17.1. The minimum atomic E-state index is 0.0300. The molecule has 126 valence electrons. The molecule has 0 atom stereocenters. The smallest absolute Gasteiger partial charge is 0.220 e. The number of nitrogens with zero attached hydrogens (tertiary/aromatic N) is 2. The largest absolute Gasteiger partial charge is 0.462 e. The summed E-state index contributed by atoms with van der Waals surface area (Å²) < 4.78 is 5.37. The molecule has 3 heterocycles. The van der Waals surface area contributed by atoms with Gasteiger partial charge >= 0.3 is 0 Å². The predicted octanol–water partition coefficient (Wildman–Crippen LogP) is 3.30. The summed E-state index contributed by atoms with van der Waals surface area (Å²) in [5.41, 5.74) is 4.04. The highest BCUT2D eigenvalue weighted by Gasteiger charge is 2.13. The van der Waals surface area contributed by atoms with Gasteiger partial charge in [-0.2, -0.15) is 5.10 Å². The van der Waals surface area contributed by atoms with Gasteiger partial charge in [-0.05, 0) is 44.9 Å². The van der Waals surface area contributed by atoms with E-state index in [1.54, 1.807) is 17.6 Å². The van der Waals surface area contributed by atoms with E-state index in [0.717, 1.165) is 38.3 Å². The molecule has 0 aliphatic rings. The summed E-state index contributed by atoms with van der Waals surface area (Å²) in [6.07, 6.45) is 2.77. The van der Waals surface area contributed by atoms with Crippen LogP contribution >= 0.6 is 11.3 Å². The molecule has 6 nitrogen and oxygen atoms in total. The lowest BCUT2D eigenvalue weighted by molar-refractivity contribution is -0.121. The van der Waals surface area contributed by atoms with Gasteiger partial charge in [0.25, 0.3) is 0 Å². The van der Waals surface area contributed by atoms with E-state index in [0.29, 0.717) is 19.4 Å². The Kier molecular flexibility index (Phi) is 4.80. The van der Waals surface area contributed by atoms with Crippen LogP contribution in [0.1, 0.15) is 33.9 Å². The summed E-state index contributed by atoms with van der Waals surface area (Å²) >= 11 is 1.55. The Labute approximate surface area is 144 Å². The second kappa shape index (κ2) is 7.00. The van der Waals surface area contributed by atoms with Gasteiger partial charge in [-0.3, -0.25) is 9.89 Å². The standard InChI is InChI=1S/C17H20N4O2S/c1-10-13(11(2)21-20-10)6-7-16(22)18-9-15-12(3)19-17(24-15)14-5-4-8-23-14/h4-5,8H,6-7,9H2,1-3H3,(H,18,22)(H,20,21). The molecule has 0 spiro atoms. The van der Waals surface area contributed by atoms with Gasteiger partial charge in [0.05, 0.1) is 24.2 Å². The number of thiazole rings is 1. The van der Waals surface area contributed by atoms with Crippen LogP contribution in [0.15, 0.2) is 22.8 Å². The van der Waals surface area contributed by atoms with E-state index in [4.69, 9.17) is 4.42 Å². The van der Waals surface area contributed by atoms with Gasteiger partial charge in [0.15, 0.2) is 10.8 Å². The first-order valence-electron chi connectivity index (χ1n) is 7.82. The number of amides is 1. The van der Waals surface area contributed by atoms with Crippen LogP contribution in [-0.4, -0.2) is 21.1 Å². The van der Waals surface area contributed by atoms with E-state index in [1.165, 1.54) is 0 Å². The van der Waals surface area contributed by atoms with Crippen molar-refractivity contribution in [2.45, 2.75) is 40.2 Å². The molecule has 2 N–H and O–H groups in total. The Bertz CT molecular complexity index is 814. The molecule has 0 fully saturated rings. The highest BCUT2D eigenvalue weighted by atomic mass is 32.1. The van der Waals surface area contributed by atoms with Crippen LogP contribution < -0.4 is 5.32 Å². The minimum absolute atomic E-state index is 0.0300. The van der Waals surface area contributed by atoms with Gasteiger partial charge in [0.1, 0.15) is 0 Å². The van der Waals surface area contributed by atoms with E-state index in [9.17, 15) is 4.79 Å². The molecule has 7 heteroatoms. The van der Waals surface area contributed by atoms with Crippen LogP contribution in [0.2, 0.25) is 0 Å². The predicted molar refractivity (Wildman–Crippen MR) is 92.8 cm³/mol. The fourth-order valence-corrected chi connectivity index (χ4v) is 3.52. The van der Waals surface area contributed by atoms with Crippen molar-refractivity contribution < 1.29 is 9.21 Å². The van der Waals surface area contributed by atoms with Crippen molar-refractivity contribution in [3.63, 3.8) is 0 Å². The first-order valence-corrected chi connectivity index (χ1v) is 8.63. The van der Waals surface area contributed by atoms with Gasteiger partial charge < -0.3 is 9.73 Å². The highest BCUT2D eigenvalue weighted by molar-refractivity contribution is 7.15. The lowest BCUT2D eigenvalue weighted by Crippen LogP contribution is -2.23. The normalized spacial score (nSPS) is 11.0. The maximum Gasteiger partial charge on any atom is 0.220 e. The Morgan fingerprint density at radius 2 is 2.17 bits per heavy atom. The van der Waals surface area contributed by atoms with Crippen molar-refractivity contribution in [2.75, 3.05) is 0 Å². The van der Waals surface area contributed by atoms with Crippen LogP contribution in [-0.2, 0) is 17.8 Å². The fourth-order valence-electron chi connectivity index (χ4n) is 2.55. The number of aromatic amines is 1. The third kappa shape index (κ3) is 3.56. The van der Waals surface area contributed by atoms with Crippen molar-refractivity contribution in [2.24, 2.45) is 0 Å². The molecule has 1 amide bonds. The lowest BCUT2D eigenvalue weighted by atomic mass is 10.1. The lowest BCUT2D eigenvalue weighted by Gasteiger charge is -2.04. The number of hydrogen-bond acceptors (Lipinski definition) is 5. The molecule has 0 saturated heterocycles. The SMILES string of the molecule is Cc1nc(-c2ccco2)sc1CNC(=O)CCc1c(C)n[nH]c1C. The van der Waals surface area contributed by atoms with E-state index in [1.807, 2.05) is 32.9 Å². The zero-order valence-electron chi connectivity index (χ0n) is 14.0. The van der Waals surface area contributed by atoms with E-state index < -0.39 is 0 Å². The topological polar surface area (TPSA) is 83.8 Å². The molecule has 0 radical (unpaired) electrons. The molecular weight excluding hydrogens is 324 g/mol. The highest BCUT2D eigenvalue weighted by Crippen LogP contribution is 2.28. The molecule has 0 unspecified atom stereocenters. The molecule has 3 aromatic heterocycles. The molecule has 3 aromatic rings. The summed E-state index contributed by atoms with van der Waals surface area (Å²) in [6.45, 7) is 6.37. The number of furan rings is 1. The zero-order valence-corrected chi connectivity index (χ0v) is 14.8. The van der Waals surface area contributed by atoms with Crippen LogP contribution in [0.25, 0.3) is 10.8 Å². The second-order valence-corrected chi connectivity index (χ2v) is 6.78. The van der Waals surface area contributed by atoms with E-state index in [-0.39, 0.29) is 5.91 Å². The number of aromatic nitrogens is 3. The van der Waals surface area contributed by atoms with Crippen molar-refractivity contribution in [3.8, 4) is 10.8 Å². The average Bonchev–Trinajstić information content (AvgIpc) is 3.26. The number of hydrogen-bond donors (Lipinski definition) is 2. The third-order valence-electron chi connectivity index (χ3n) is 3.95. The van der Waals surface area contributed by atoms with Gasteiger partial charge in [-0.15, -0.1) is 11.3 Å². The molecule has 0 aromatic carbocycles. The van der Waals surface area contributed by atoms with Crippen LogP contribution in [0.3, 0.4) is 0 Å². The summed E-state index contributed by atoms with van der Waals surface area (Å²) in [7, 11) is 0. The Hall–Kier alpha value is -2.41. The number of carbonyl (C=O) groups excluding carboxylic acids is 1. The molecule has 0 aliphatic heterocycles. The van der Waals surface area contributed by atoms with Gasteiger partial charge in [-0.1, -0.05) is 0 Å². The first-order chi connectivity index (χ1) is 11.5. The third-order valence-corrected chi connectivity index (χ3v) is 5.13. The number of rotatable bonds is 6. The van der Waals surface area contributed by atoms with Crippen molar-refractivity contribution in [1.82, 2.24) is 20.5 Å². The first kappa shape index (κ1) is 16.4. The second-order valence-electron chi connectivity index (χ2n) is 5.69. The number of carbonyl (C=O) groups is 1. The maximum atomic E-state index is 12.1. The Morgan fingerprint density at radius 1 is 1.33 bits per heavy atom. The van der Waals surface area contributed by atoms with Crippen LogP contribution in [0, 0.1) is 20.8 Å². The molecule has 3 rings (SSSR count). The number of nitrogens with one attached hydrogen (secondary N) is 2. The van der Waals surface area contributed by atoms with E-state index >= 15 is 0 Å². The molecule has 0 bridgehead atoms. The Morgan fingerprint density at radius 3 is 2.83 bits per heavy atom. The Balaban J connectivity index is 1.55. The monoisotopic (exact) mass is 344 g/mol. The summed E-state index contributed by atoms with van der Waals surface area (Å²) in [6, 6.07) is 3.73. The van der Waals surface area contributed by atoms with Crippen LogP contribution in [0.4, 0.5) is 0 Å². The molecular formula is C17H20N4O2S. The van der Waals surface area contributed by atoms with Gasteiger partial charge in [0, 0.05) is 17.0 Å². The van der Waals surface area contributed by atoms with E-state index in [2.05, 4.69) is 20.5 Å². The molecule has 0 saturated carbocycles. The number of H-pyrrole nitrogens is 1. The quantitative estimate of drug-likeness (QED) is 0.718. The van der Waals surface area contributed by atoms with Crippen molar-refractivity contribution >= 4 is 17.2 Å². The van der Waals surface area contributed by atoms with Crippen molar-refractivity contribution in [1.29, 1.82) is 0 Å². The minimum Gasteiger partial charge on any atom is -0.462 e. The summed E-state index contributed by atoms with van der Waals surface area (Å²) in [5.74, 6) is 0.786. The maximum absolute atomic E-state index is 12.1. The molecule has 0 aliphatic carbocycles. The molecule has 24 heavy (non-hydrogen) atoms. The number of aryl methyl sites for hydroxylation is 3.